The van der Waals surface area contributed by atoms with E-state index >= 15 is 0 Å². The van der Waals surface area contributed by atoms with E-state index in [0.29, 0.717) is 11.5 Å². The first-order valence-electron chi connectivity index (χ1n) is 8.73. The van der Waals surface area contributed by atoms with Crippen molar-refractivity contribution in [2.75, 3.05) is 0 Å². The van der Waals surface area contributed by atoms with Crippen molar-refractivity contribution in [1.82, 2.24) is 0 Å². The van der Waals surface area contributed by atoms with Crippen LogP contribution in [0.3, 0.4) is 0 Å². The van der Waals surface area contributed by atoms with Crippen LogP contribution in [0.4, 0.5) is 0 Å². The van der Waals surface area contributed by atoms with Crippen molar-refractivity contribution in [3.05, 3.63) is 94.0 Å². The second-order valence-electron chi connectivity index (χ2n) is 6.85. The first kappa shape index (κ1) is 21.3. The largest absolute Gasteiger partial charge is 0.508 e. The molecule has 3 aromatic carbocycles. The highest BCUT2D eigenvalue weighted by atomic mass is 16.3. The van der Waals surface area contributed by atoms with E-state index in [0.717, 1.165) is 11.1 Å². The number of hydrogen-bond donors (Lipinski definition) is 2. The van der Waals surface area contributed by atoms with Crippen LogP contribution in [0.1, 0.15) is 33.4 Å². The van der Waals surface area contributed by atoms with Crippen LogP contribution in [0.2, 0.25) is 0 Å². The van der Waals surface area contributed by atoms with Gasteiger partial charge in [-0.2, -0.15) is 0 Å². The molecule has 0 heterocycles. The normalized spacial score (nSPS) is 9.46. The fourth-order valence-corrected chi connectivity index (χ4v) is 2.70. The Morgan fingerprint density at radius 3 is 0.962 bits per heavy atom. The zero-order valence-electron chi connectivity index (χ0n) is 16.7. The summed E-state index contributed by atoms with van der Waals surface area (Å²) in [6, 6.07) is 19.2. The zero-order valence-corrected chi connectivity index (χ0v) is 16.7. The summed E-state index contributed by atoms with van der Waals surface area (Å²) in [5.74, 6) is 0.683. The molecular weight excluding hydrogens is 320 g/mol. The van der Waals surface area contributed by atoms with Crippen LogP contribution >= 0.6 is 0 Å². The molecule has 0 amide bonds. The van der Waals surface area contributed by atoms with Gasteiger partial charge in [0.05, 0.1) is 0 Å². The third-order valence-electron chi connectivity index (χ3n) is 3.61. The molecule has 0 saturated carbocycles. The average molecular weight is 351 g/mol. The Morgan fingerprint density at radius 1 is 0.385 bits per heavy atom. The minimum atomic E-state index is 0.329. The van der Waals surface area contributed by atoms with Crippen molar-refractivity contribution in [2.45, 2.75) is 41.5 Å². The number of rotatable bonds is 0. The van der Waals surface area contributed by atoms with Crippen molar-refractivity contribution in [3.63, 3.8) is 0 Å². The van der Waals surface area contributed by atoms with E-state index in [-0.39, 0.29) is 0 Å². The van der Waals surface area contributed by atoms with Gasteiger partial charge in [-0.15, -0.1) is 0 Å². The fraction of sp³-hybridized carbons (Fsp3) is 0.250. The van der Waals surface area contributed by atoms with Gasteiger partial charge in [0.1, 0.15) is 11.5 Å². The molecule has 0 spiro atoms. The lowest BCUT2D eigenvalue weighted by atomic mass is 10.1. The summed E-state index contributed by atoms with van der Waals surface area (Å²) in [5, 5.41) is 17.8. The van der Waals surface area contributed by atoms with Gasteiger partial charge in [0.2, 0.25) is 0 Å². The van der Waals surface area contributed by atoms with Crippen molar-refractivity contribution in [2.24, 2.45) is 0 Å². The molecule has 0 aromatic heterocycles. The van der Waals surface area contributed by atoms with E-state index in [2.05, 4.69) is 39.0 Å². The van der Waals surface area contributed by atoms with Crippen LogP contribution in [0.15, 0.2) is 60.7 Å². The van der Waals surface area contributed by atoms with Crippen molar-refractivity contribution < 1.29 is 10.2 Å². The van der Waals surface area contributed by atoms with Gasteiger partial charge in [-0.3, -0.25) is 0 Å². The molecule has 0 bridgehead atoms. The molecule has 3 rings (SSSR count). The number of aromatic hydroxyl groups is 2. The van der Waals surface area contributed by atoms with Gasteiger partial charge in [0.25, 0.3) is 0 Å². The summed E-state index contributed by atoms with van der Waals surface area (Å²) in [6.07, 6.45) is 0. The molecular formula is C24H30O2. The molecule has 0 saturated heterocycles. The molecule has 0 aliphatic heterocycles. The Bertz CT molecular complexity index is 647. The summed E-state index contributed by atoms with van der Waals surface area (Å²) in [5.41, 5.74) is 7.44. The maximum absolute atomic E-state index is 8.99. The topological polar surface area (TPSA) is 40.5 Å². The van der Waals surface area contributed by atoms with Crippen LogP contribution in [0.25, 0.3) is 0 Å². The maximum Gasteiger partial charge on any atom is 0.116 e. The Morgan fingerprint density at radius 2 is 0.692 bits per heavy atom. The minimum absolute atomic E-state index is 0.329. The molecule has 138 valence electrons. The molecule has 2 N–H and O–H groups in total. The van der Waals surface area contributed by atoms with Crippen LogP contribution in [-0.2, 0) is 0 Å². The fourth-order valence-electron chi connectivity index (χ4n) is 2.70. The van der Waals surface area contributed by atoms with E-state index in [1.54, 1.807) is 24.3 Å². The van der Waals surface area contributed by atoms with Gasteiger partial charge in [0.15, 0.2) is 0 Å². The molecule has 2 heteroatoms. The predicted molar refractivity (Wildman–Crippen MR) is 111 cm³/mol. The molecule has 3 aromatic rings. The molecule has 0 aliphatic carbocycles. The summed E-state index contributed by atoms with van der Waals surface area (Å²) < 4.78 is 0. The van der Waals surface area contributed by atoms with Crippen LogP contribution in [0, 0.1) is 41.5 Å². The Hall–Kier alpha value is -2.74. The number of phenolic OH excluding ortho intramolecular Hbond substituents is 2. The first-order chi connectivity index (χ1) is 12.2. The quantitative estimate of drug-likeness (QED) is 0.498. The van der Waals surface area contributed by atoms with E-state index < -0.39 is 0 Å². The van der Waals surface area contributed by atoms with Gasteiger partial charge in [-0.25, -0.2) is 0 Å². The molecule has 0 atom stereocenters. The van der Waals surface area contributed by atoms with E-state index in [1.807, 2.05) is 39.0 Å². The lowest BCUT2D eigenvalue weighted by molar-refractivity contribution is 0.474. The zero-order chi connectivity index (χ0) is 19.7. The van der Waals surface area contributed by atoms with Crippen molar-refractivity contribution >= 4 is 0 Å². The SMILES string of the molecule is Cc1cc(C)cc(C)c1.Cc1cc(C)cc(O)c1.Cc1ccc(O)cc1. The highest BCUT2D eigenvalue weighted by Crippen LogP contribution is 2.13. The second kappa shape index (κ2) is 10.3. The van der Waals surface area contributed by atoms with Crippen LogP contribution in [0.5, 0.6) is 11.5 Å². The highest BCUT2D eigenvalue weighted by molar-refractivity contribution is 5.31. The standard InChI is InChI=1S/C9H12.C8H10O.C7H8O/c1-7-4-8(2)6-9(3)5-7;1-6-3-7(2)5-8(9)4-6;1-6-2-4-7(8)5-3-6/h4-6H,1-3H3;3-5,9H,1-2H3;2-5,8H,1H3. The van der Waals surface area contributed by atoms with Gasteiger partial charge in [-0.05, 0) is 76.9 Å². The molecule has 26 heavy (non-hydrogen) atoms. The number of hydrogen-bond acceptors (Lipinski definition) is 2. The number of benzene rings is 3. The predicted octanol–water partition coefficient (Wildman–Crippen LogP) is 6.32. The third kappa shape index (κ3) is 8.93. The van der Waals surface area contributed by atoms with E-state index in [4.69, 9.17) is 10.2 Å². The van der Waals surface area contributed by atoms with Gasteiger partial charge < -0.3 is 10.2 Å². The monoisotopic (exact) mass is 350 g/mol. The highest BCUT2D eigenvalue weighted by Gasteiger charge is 1.90. The molecule has 0 aliphatic rings. The Kier molecular flexibility index (Phi) is 8.44. The molecule has 2 nitrogen and oxygen atoms in total. The van der Waals surface area contributed by atoms with E-state index in [1.165, 1.54) is 22.3 Å². The molecule has 0 radical (unpaired) electrons. The number of aryl methyl sites for hydroxylation is 6. The average Bonchev–Trinajstić information content (AvgIpc) is 2.48. The van der Waals surface area contributed by atoms with Crippen molar-refractivity contribution in [1.29, 1.82) is 0 Å². The van der Waals surface area contributed by atoms with Crippen LogP contribution in [-0.4, -0.2) is 10.2 Å². The lowest BCUT2D eigenvalue weighted by Gasteiger charge is -1.96. The Balaban J connectivity index is 0.000000195. The van der Waals surface area contributed by atoms with Gasteiger partial charge >= 0.3 is 0 Å². The number of phenols is 2. The molecule has 0 unspecified atom stereocenters. The summed E-state index contributed by atoms with van der Waals surface area (Å²) in [7, 11) is 0. The van der Waals surface area contributed by atoms with Crippen molar-refractivity contribution in [3.8, 4) is 11.5 Å². The van der Waals surface area contributed by atoms with Crippen LogP contribution < -0.4 is 0 Å². The second-order valence-corrected chi connectivity index (χ2v) is 6.85. The third-order valence-corrected chi connectivity index (χ3v) is 3.61. The summed E-state index contributed by atoms with van der Waals surface area (Å²) in [6.45, 7) is 12.3. The summed E-state index contributed by atoms with van der Waals surface area (Å²) >= 11 is 0. The Labute approximate surface area is 157 Å². The minimum Gasteiger partial charge on any atom is -0.508 e. The molecule has 0 fully saturated rings. The van der Waals surface area contributed by atoms with Gasteiger partial charge in [-0.1, -0.05) is 58.7 Å². The van der Waals surface area contributed by atoms with Gasteiger partial charge in [0, 0.05) is 0 Å². The first-order valence-corrected chi connectivity index (χ1v) is 8.73. The lowest BCUT2D eigenvalue weighted by Crippen LogP contribution is -1.78. The maximum atomic E-state index is 8.99. The summed E-state index contributed by atoms with van der Waals surface area (Å²) in [4.78, 5) is 0. The smallest absolute Gasteiger partial charge is 0.116 e. The van der Waals surface area contributed by atoms with E-state index in [9.17, 15) is 0 Å².